The van der Waals surface area contributed by atoms with Crippen LogP contribution in [-0.2, 0) is 33.0 Å². The van der Waals surface area contributed by atoms with E-state index in [1.807, 2.05) is 29.5 Å². The van der Waals surface area contributed by atoms with Gasteiger partial charge in [0.05, 0.1) is 15.4 Å². The molecule has 5 atom stereocenters. The van der Waals surface area contributed by atoms with Gasteiger partial charge < -0.3 is 19.0 Å². The lowest BCUT2D eigenvalue weighted by Gasteiger charge is -2.47. The number of ether oxygens (including phenoxy) is 2. The quantitative estimate of drug-likeness (QED) is 0.167. The molecule has 0 unspecified atom stereocenters. The van der Waals surface area contributed by atoms with Crippen LogP contribution in [0.5, 0.6) is 0 Å². The van der Waals surface area contributed by atoms with E-state index in [9.17, 15) is 18.3 Å². The molecule has 0 amide bonds. The average Bonchev–Trinajstić information content (AvgIpc) is 2.65. The number of aliphatic hydroxyl groups is 1. The predicted molar refractivity (Wildman–Crippen MR) is 131 cm³/mol. The Morgan fingerprint density at radius 3 is 2.25 bits per heavy atom. The first-order valence-electron chi connectivity index (χ1n) is 10.3. The first-order valence-corrected chi connectivity index (χ1v) is 15.9. The van der Waals surface area contributed by atoms with E-state index in [-0.39, 0.29) is 9.93 Å². The second-order valence-corrected chi connectivity index (χ2v) is 17.3. The lowest BCUT2D eigenvalue weighted by Crippen LogP contribution is -2.62. The van der Waals surface area contributed by atoms with E-state index in [0.717, 1.165) is 5.56 Å². The average molecular weight is 601 g/mol. The predicted octanol–water partition coefficient (Wildman–Crippen LogP) is 3.54. The molecule has 0 spiro atoms. The Morgan fingerprint density at radius 2 is 1.75 bits per heavy atom. The van der Waals surface area contributed by atoms with Crippen molar-refractivity contribution >= 4 is 47.0 Å². The molecule has 2 rings (SSSR count). The SMILES string of the molecule is CC(=O)O[C@H]1[C@H](O[Si](C)(C)C(C)(C)C)[C@H](I)[C@@H](O)O[C@@H]1COS(=O)(=O)c1ccc(C)cc1. The van der Waals surface area contributed by atoms with Crippen LogP contribution in [0.2, 0.25) is 18.1 Å². The minimum atomic E-state index is -4.07. The first-order chi connectivity index (χ1) is 14.5. The standard InChI is InChI=1S/C21H33IO8SSi/c1-13-8-10-15(11-9-13)31(25,26)27-12-16-18(28-14(2)23)19(17(22)20(24)29-16)30-32(6,7)21(3,4)5/h8-11,16-20,24H,12H2,1-7H3/t16-,17+,18-,19-,20+/m1/s1. The normalized spacial score (nSPS) is 27.2. The lowest BCUT2D eigenvalue weighted by atomic mass is 10.0. The van der Waals surface area contributed by atoms with Crippen molar-refractivity contribution in [2.75, 3.05) is 6.61 Å². The third kappa shape index (κ3) is 6.73. The number of halogens is 1. The number of hydrogen-bond donors (Lipinski definition) is 1. The summed E-state index contributed by atoms with van der Waals surface area (Å²) >= 11 is 2.01. The topological polar surface area (TPSA) is 108 Å². The molecule has 1 fully saturated rings. The molecule has 1 N–H and O–H groups in total. The molecule has 0 saturated carbocycles. The van der Waals surface area contributed by atoms with Gasteiger partial charge in [-0.05, 0) is 37.2 Å². The summed E-state index contributed by atoms with van der Waals surface area (Å²) in [5, 5.41) is 10.4. The second-order valence-electron chi connectivity index (χ2n) is 9.48. The zero-order valence-electron chi connectivity index (χ0n) is 19.5. The number of aryl methyl sites for hydroxylation is 1. The molecule has 0 radical (unpaired) electrons. The maximum atomic E-state index is 12.6. The molecule has 0 aromatic heterocycles. The fraction of sp³-hybridized carbons (Fsp3) is 0.667. The lowest BCUT2D eigenvalue weighted by molar-refractivity contribution is -0.235. The highest BCUT2D eigenvalue weighted by Gasteiger charge is 2.51. The zero-order chi connectivity index (χ0) is 24.5. The maximum absolute atomic E-state index is 12.6. The number of aliphatic hydroxyl groups excluding tert-OH is 1. The monoisotopic (exact) mass is 600 g/mol. The number of benzene rings is 1. The molecule has 11 heteroatoms. The van der Waals surface area contributed by atoms with Crippen molar-refractivity contribution in [3.63, 3.8) is 0 Å². The van der Waals surface area contributed by atoms with Gasteiger partial charge in [-0.2, -0.15) is 8.42 Å². The summed E-state index contributed by atoms with van der Waals surface area (Å²) in [6, 6.07) is 6.25. The zero-order valence-corrected chi connectivity index (χ0v) is 23.5. The van der Waals surface area contributed by atoms with Crippen LogP contribution in [0.3, 0.4) is 0 Å². The number of rotatable bonds is 7. The van der Waals surface area contributed by atoms with Crippen molar-refractivity contribution in [3.05, 3.63) is 29.8 Å². The Hall–Kier alpha value is -0.573. The fourth-order valence-corrected chi connectivity index (χ4v) is 6.17. The number of carbonyl (C=O) groups excluding carboxylic acids is 1. The summed E-state index contributed by atoms with van der Waals surface area (Å²) < 4.78 is 47.6. The van der Waals surface area contributed by atoms with Gasteiger partial charge >= 0.3 is 5.97 Å². The van der Waals surface area contributed by atoms with Crippen molar-refractivity contribution in [2.24, 2.45) is 0 Å². The van der Waals surface area contributed by atoms with E-state index in [4.69, 9.17) is 18.1 Å². The largest absolute Gasteiger partial charge is 0.457 e. The maximum Gasteiger partial charge on any atom is 0.303 e. The van der Waals surface area contributed by atoms with E-state index >= 15 is 0 Å². The van der Waals surface area contributed by atoms with Crippen molar-refractivity contribution in [1.29, 1.82) is 0 Å². The second kappa shape index (κ2) is 10.4. The van der Waals surface area contributed by atoms with Crippen LogP contribution in [0.1, 0.15) is 33.3 Å². The highest BCUT2D eigenvalue weighted by molar-refractivity contribution is 14.1. The minimum Gasteiger partial charge on any atom is -0.457 e. The van der Waals surface area contributed by atoms with Crippen LogP contribution in [-0.4, -0.2) is 62.9 Å². The van der Waals surface area contributed by atoms with Gasteiger partial charge in [-0.3, -0.25) is 8.98 Å². The highest BCUT2D eigenvalue weighted by Crippen LogP contribution is 2.41. The summed E-state index contributed by atoms with van der Waals surface area (Å²) in [7, 11) is -6.40. The van der Waals surface area contributed by atoms with Gasteiger partial charge in [0.1, 0.15) is 12.2 Å². The molecule has 1 aromatic carbocycles. The third-order valence-corrected chi connectivity index (χ3v) is 12.9. The summed E-state index contributed by atoms with van der Waals surface area (Å²) in [5.41, 5.74) is 0.913. The van der Waals surface area contributed by atoms with E-state index in [2.05, 4.69) is 33.9 Å². The van der Waals surface area contributed by atoms with E-state index in [0.29, 0.717) is 0 Å². The van der Waals surface area contributed by atoms with E-state index in [1.54, 1.807) is 12.1 Å². The first kappa shape index (κ1) is 27.7. The van der Waals surface area contributed by atoms with E-state index < -0.39 is 59.5 Å². The number of carbonyl (C=O) groups is 1. The summed E-state index contributed by atoms with van der Waals surface area (Å²) in [6.07, 6.45) is -3.91. The Bertz CT molecular complexity index is 897. The summed E-state index contributed by atoms with van der Waals surface area (Å²) in [6.45, 7) is 13.0. The molecule has 1 aliphatic rings. The van der Waals surface area contributed by atoms with Crippen molar-refractivity contribution in [3.8, 4) is 0 Å². The molecule has 182 valence electrons. The van der Waals surface area contributed by atoms with Crippen LogP contribution >= 0.6 is 22.6 Å². The van der Waals surface area contributed by atoms with Gasteiger partial charge in [0, 0.05) is 6.92 Å². The van der Waals surface area contributed by atoms with Crippen LogP contribution in [0.25, 0.3) is 0 Å². The molecule has 1 aromatic rings. The minimum absolute atomic E-state index is 0.00401. The molecule has 0 aliphatic carbocycles. The van der Waals surface area contributed by atoms with Gasteiger partial charge in [-0.1, -0.05) is 61.1 Å². The number of hydrogen-bond acceptors (Lipinski definition) is 8. The number of alkyl halides is 1. The van der Waals surface area contributed by atoms with Gasteiger partial charge in [0.2, 0.25) is 0 Å². The molecule has 32 heavy (non-hydrogen) atoms. The van der Waals surface area contributed by atoms with Gasteiger partial charge in [0.25, 0.3) is 10.1 Å². The van der Waals surface area contributed by atoms with Crippen LogP contribution in [0, 0.1) is 6.92 Å². The van der Waals surface area contributed by atoms with Crippen LogP contribution in [0.15, 0.2) is 29.2 Å². The molecule has 0 bridgehead atoms. The third-order valence-electron chi connectivity index (χ3n) is 5.83. The molecular weight excluding hydrogens is 567 g/mol. The molecule has 1 aliphatic heterocycles. The highest BCUT2D eigenvalue weighted by atomic mass is 127. The van der Waals surface area contributed by atoms with Gasteiger partial charge in [-0.25, -0.2) is 0 Å². The molecule has 1 saturated heterocycles. The fourth-order valence-electron chi connectivity index (χ4n) is 2.93. The van der Waals surface area contributed by atoms with Crippen LogP contribution < -0.4 is 0 Å². The smallest absolute Gasteiger partial charge is 0.303 e. The Balaban J connectivity index is 2.29. The Labute approximate surface area is 205 Å². The summed E-state index contributed by atoms with van der Waals surface area (Å²) in [4.78, 5) is 11.9. The van der Waals surface area contributed by atoms with Gasteiger partial charge in [-0.15, -0.1) is 0 Å². The molecular formula is C21H33IO8SSi. The summed E-state index contributed by atoms with van der Waals surface area (Å²) in [5.74, 6) is -0.561. The molecule has 1 heterocycles. The Kier molecular flexibility index (Phi) is 8.96. The Morgan fingerprint density at radius 1 is 1.19 bits per heavy atom. The van der Waals surface area contributed by atoms with E-state index in [1.165, 1.54) is 19.1 Å². The molecule has 8 nitrogen and oxygen atoms in total. The van der Waals surface area contributed by atoms with Crippen molar-refractivity contribution in [1.82, 2.24) is 0 Å². The van der Waals surface area contributed by atoms with Gasteiger partial charge in [0.15, 0.2) is 20.7 Å². The van der Waals surface area contributed by atoms with Crippen LogP contribution in [0.4, 0.5) is 0 Å². The van der Waals surface area contributed by atoms with Crippen molar-refractivity contribution < 1.29 is 36.4 Å². The number of esters is 1. The van der Waals surface area contributed by atoms with Crippen molar-refractivity contribution in [2.45, 2.75) is 86.2 Å².